The lowest BCUT2D eigenvalue weighted by Crippen LogP contribution is -2.13. The van der Waals surface area contributed by atoms with Crippen LogP contribution < -0.4 is 4.72 Å². The Balaban J connectivity index is 2.27. The van der Waals surface area contributed by atoms with Gasteiger partial charge in [0, 0.05) is 10.2 Å². The lowest BCUT2D eigenvalue weighted by molar-refractivity contribution is 0.601. The number of nitrogens with zero attached hydrogens (tertiary/aromatic N) is 1. The fourth-order valence-corrected chi connectivity index (χ4v) is 3.78. The van der Waals surface area contributed by atoms with Crippen molar-refractivity contribution in [1.82, 2.24) is 0 Å². The molecule has 0 aliphatic carbocycles. The first-order valence-electron chi connectivity index (χ1n) is 5.86. The van der Waals surface area contributed by atoms with Gasteiger partial charge in [0.15, 0.2) is 0 Å². The Morgan fingerprint density at radius 3 is 2.43 bits per heavy atom. The second kappa shape index (κ2) is 6.48. The highest BCUT2D eigenvalue weighted by molar-refractivity contribution is 9.10. The maximum absolute atomic E-state index is 12.3. The van der Waals surface area contributed by atoms with Gasteiger partial charge in [-0.15, -0.1) is 0 Å². The van der Waals surface area contributed by atoms with Gasteiger partial charge < -0.3 is 0 Å². The summed E-state index contributed by atoms with van der Waals surface area (Å²) in [6.07, 6.45) is 0.283. The van der Waals surface area contributed by atoms with E-state index >= 15 is 0 Å². The smallest absolute Gasteiger partial charge is 0.263 e. The standard InChI is InChI=1S/C14H10BrClN2O2S/c15-11-3-6-14(13(16)9-11)21(19,20)18-12-4-1-10(2-5-12)7-8-17/h1-6,9,18H,7H2. The molecular weight excluding hydrogens is 376 g/mol. The van der Waals surface area contributed by atoms with Crippen molar-refractivity contribution in [2.45, 2.75) is 11.3 Å². The molecule has 21 heavy (non-hydrogen) atoms. The van der Waals surface area contributed by atoms with E-state index in [1.54, 1.807) is 30.3 Å². The Morgan fingerprint density at radius 2 is 1.86 bits per heavy atom. The van der Waals surface area contributed by atoms with Crippen LogP contribution in [0.3, 0.4) is 0 Å². The molecule has 0 unspecified atom stereocenters. The average molecular weight is 386 g/mol. The summed E-state index contributed by atoms with van der Waals surface area (Å²) in [5, 5.41) is 8.73. The molecule has 0 aromatic heterocycles. The molecule has 1 N–H and O–H groups in total. The minimum Gasteiger partial charge on any atom is -0.280 e. The minimum atomic E-state index is -3.75. The fraction of sp³-hybridized carbons (Fsp3) is 0.0714. The summed E-state index contributed by atoms with van der Waals surface area (Å²) in [4.78, 5) is 0.00784. The van der Waals surface area contributed by atoms with Gasteiger partial charge in [0.1, 0.15) is 4.90 Å². The Hall–Kier alpha value is -1.55. The maximum atomic E-state index is 12.3. The van der Waals surface area contributed by atoms with Crippen molar-refractivity contribution < 1.29 is 8.42 Å². The summed E-state index contributed by atoms with van der Waals surface area (Å²) in [6.45, 7) is 0. The molecule has 0 spiro atoms. The van der Waals surface area contributed by atoms with Crippen LogP contribution in [-0.4, -0.2) is 8.42 Å². The molecule has 2 rings (SSSR count). The van der Waals surface area contributed by atoms with E-state index in [0.29, 0.717) is 10.2 Å². The molecule has 0 radical (unpaired) electrons. The quantitative estimate of drug-likeness (QED) is 0.865. The molecule has 0 atom stereocenters. The molecule has 0 amide bonds. The van der Waals surface area contributed by atoms with Crippen molar-refractivity contribution in [2.24, 2.45) is 0 Å². The molecule has 7 heteroatoms. The van der Waals surface area contributed by atoms with Crippen molar-refractivity contribution in [2.75, 3.05) is 4.72 Å². The van der Waals surface area contributed by atoms with Gasteiger partial charge in [0.05, 0.1) is 17.5 Å². The molecule has 0 bridgehead atoms. The van der Waals surface area contributed by atoms with Crippen LogP contribution in [0.15, 0.2) is 51.8 Å². The average Bonchev–Trinajstić information content (AvgIpc) is 2.40. The highest BCUT2D eigenvalue weighted by Gasteiger charge is 2.18. The van der Waals surface area contributed by atoms with Gasteiger partial charge in [0.2, 0.25) is 0 Å². The van der Waals surface area contributed by atoms with E-state index in [4.69, 9.17) is 16.9 Å². The van der Waals surface area contributed by atoms with Crippen LogP contribution >= 0.6 is 27.5 Å². The lowest BCUT2D eigenvalue weighted by Gasteiger charge is -2.10. The molecule has 0 saturated heterocycles. The summed E-state index contributed by atoms with van der Waals surface area (Å²) in [7, 11) is -3.75. The van der Waals surface area contributed by atoms with E-state index in [0.717, 1.165) is 5.56 Å². The maximum Gasteiger partial charge on any atom is 0.263 e. The zero-order valence-corrected chi connectivity index (χ0v) is 13.8. The van der Waals surface area contributed by atoms with Crippen LogP contribution in [0.5, 0.6) is 0 Å². The summed E-state index contributed by atoms with van der Waals surface area (Å²) < 4.78 is 27.7. The van der Waals surface area contributed by atoms with E-state index in [1.165, 1.54) is 12.1 Å². The zero-order valence-electron chi connectivity index (χ0n) is 10.7. The number of benzene rings is 2. The highest BCUT2D eigenvalue weighted by Crippen LogP contribution is 2.27. The van der Waals surface area contributed by atoms with Gasteiger partial charge in [-0.3, -0.25) is 4.72 Å². The Morgan fingerprint density at radius 1 is 1.19 bits per heavy atom. The predicted octanol–water partition coefficient (Wildman–Crippen LogP) is 3.97. The van der Waals surface area contributed by atoms with Crippen LogP contribution in [0, 0.1) is 11.3 Å². The molecule has 0 heterocycles. The molecule has 4 nitrogen and oxygen atoms in total. The van der Waals surface area contributed by atoms with Gasteiger partial charge in [-0.1, -0.05) is 39.7 Å². The normalized spacial score (nSPS) is 10.9. The zero-order chi connectivity index (χ0) is 15.5. The molecule has 0 aliphatic rings. The Labute approximate surface area is 136 Å². The topological polar surface area (TPSA) is 70.0 Å². The van der Waals surface area contributed by atoms with Gasteiger partial charge in [-0.25, -0.2) is 8.42 Å². The minimum absolute atomic E-state index is 0.00784. The van der Waals surface area contributed by atoms with E-state index in [2.05, 4.69) is 20.7 Å². The Kier molecular flexibility index (Phi) is 4.88. The van der Waals surface area contributed by atoms with E-state index in [-0.39, 0.29) is 16.3 Å². The fourth-order valence-electron chi connectivity index (χ4n) is 1.69. The van der Waals surface area contributed by atoms with Crippen molar-refractivity contribution in [3.63, 3.8) is 0 Å². The number of anilines is 1. The second-order valence-corrected chi connectivity index (χ2v) is 7.19. The number of nitrogens with one attached hydrogen (secondary N) is 1. The van der Waals surface area contributed by atoms with E-state index < -0.39 is 10.0 Å². The van der Waals surface area contributed by atoms with Crippen molar-refractivity contribution in [3.05, 3.63) is 57.5 Å². The van der Waals surface area contributed by atoms with Gasteiger partial charge in [0.25, 0.3) is 10.0 Å². The highest BCUT2D eigenvalue weighted by atomic mass is 79.9. The van der Waals surface area contributed by atoms with Crippen LogP contribution in [0.1, 0.15) is 5.56 Å². The molecule has 108 valence electrons. The number of nitriles is 1. The number of sulfonamides is 1. The number of hydrogen-bond donors (Lipinski definition) is 1. The van der Waals surface area contributed by atoms with E-state index in [1.807, 2.05) is 6.07 Å². The molecule has 0 aliphatic heterocycles. The van der Waals surface area contributed by atoms with Crippen molar-refractivity contribution >= 4 is 43.2 Å². The molecule has 2 aromatic carbocycles. The van der Waals surface area contributed by atoms with Crippen LogP contribution in [0.2, 0.25) is 5.02 Å². The second-order valence-electron chi connectivity index (χ2n) is 4.21. The van der Waals surface area contributed by atoms with Gasteiger partial charge in [-0.05, 0) is 35.9 Å². The lowest BCUT2D eigenvalue weighted by atomic mass is 10.1. The SMILES string of the molecule is N#CCc1ccc(NS(=O)(=O)c2ccc(Br)cc2Cl)cc1. The number of halogens is 2. The molecule has 0 saturated carbocycles. The first-order chi connectivity index (χ1) is 9.92. The first-order valence-corrected chi connectivity index (χ1v) is 8.51. The number of hydrogen-bond acceptors (Lipinski definition) is 3. The predicted molar refractivity (Wildman–Crippen MR) is 85.7 cm³/mol. The first kappa shape index (κ1) is 15.8. The summed E-state index contributed by atoms with van der Waals surface area (Å²) in [5.41, 5.74) is 1.23. The van der Waals surface area contributed by atoms with Crippen LogP contribution in [0.25, 0.3) is 0 Å². The summed E-state index contributed by atoms with van der Waals surface area (Å²) in [6, 6.07) is 13.2. The summed E-state index contributed by atoms with van der Waals surface area (Å²) in [5.74, 6) is 0. The third kappa shape index (κ3) is 3.97. The summed E-state index contributed by atoms with van der Waals surface area (Å²) >= 11 is 9.19. The molecule has 2 aromatic rings. The van der Waals surface area contributed by atoms with Crippen LogP contribution in [-0.2, 0) is 16.4 Å². The van der Waals surface area contributed by atoms with Gasteiger partial charge in [-0.2, -0.15) is 5.26 Å². The van der Waals surface area contributed by atoms with Crippen molar-refractivity contribution in [1.29, 1.82) is 5.26 Å². The van der Waals surface area contributed by atoms with E-state index in [9.17, 15) is 8.42 Å². The molecular formula is C14H10BrClN2O2S. The number of rotatable bonds is 4. The largest absolute Gasteiger partial charge is 0.280 e. The van der Waals surface area contributed by atoms with Gasteiger partial charge >= 0.3 is 0 Å². The van der Waals surface area contributed by atoms with Crippen molar-refractivity contribution in [3.8, 4) is 6.07 Å². The molecule has 0 fully saturated rings. The third-order valence-electron chi connectivity index (χ3n) is 2.67. The third-order valence-corrected chi connectivity index (χ3v) is 5.03. The monoisotopic (exact) mass is 384 g/mol. The Bertz CT molecular complexity index is 799. The van der Waals surface area contributed by atoms with Crippen LogP contribution in [0.4, 0.5) is 5.69 Å².